The molecule has 1 heterocycles. The Morgan fingerprint density at radius 3 is 3.00 bits per heavy atom. The van der Waals surface area contributed by atoms with Crippen LogP contribution in [0.25, 0.3) is 0 Å². The van der Waals surface area contributed by atoms with Gasteiger partial charge in [-0.05, 0) is 6.07 Å². The van der Waals surface area contributed by atoms with E-state index < -0.39 is 0 Å². The Morgan fingerprint density at radius 1 is 1.73 bits per heavy atom. The Bertz CT molecular complexity index is 277. The lowest BCUT2D eigenvalue weighted by Crippen LogP contribution is -1.89. The lowest BCUT2D eigenvalue weighted by atomic mass is 10.2. The van der Waals surface area contributed by atoms with Crippen LogP contribution in [0.5, 0.6) is 0 Å². The van der Waals surface area contributed by atoms with Gasteiger partial charge in [-0.2, -0.15) is 12.6 Å². The molecule has 0 bridgehead atoms. The van der Waals surface area contributed by atoms with Crippen LogP contribution in [0.1, 0.15) is 16.1 Å². The second kappa shape index (κ2) is 3.74. The Balaban J connectivity index is 3.12. The molecule has 0 amide bonds. The van der Waals surface area contributed by atoms with Crippen molar-refractivity contribution in [2.75, 3.05) is 0 Å². The van der Waals surface area contributed by atoms with Crippen LogP contribution in [0.3, 0.4) is 0 Å². The fourth-order valence-electron chi connectivity index (χ4n) is 0.677. The van der Waals surface area contributed by atoms with Crippen molar-refractivity contribution in [3.05, 3.63) is 28.5 Å². The van der Waals surface area contributed by atoms with Gasteiger partial charge in [-0.25, -0.2) is 0 Å². The third kappa shape index (κ3) is 1.94. The number of hydrogen-bond acceptors (Lipinski definition) is 3. The van der Waals surface area contributed by atoms with Crippen LogP contribution >= 0.6 is 24.2 Å². The van der Waals surface area contributed by atoms with Gasteiger partial charge in [0.25, 0.3) is 0 Å². The molecule has 0 unspecified atom stereocenters. The zero-order valence-corrected chi connectivity index (χ0v) is 7.27. The van der Waals surface area contributed by atoms with Crippen molar-refractivity contribution in [3.63, 3.8) is 0 Å². The average molecular weight is 188 g/mol. The molecule has 0 aliphatic carbocycles. The van der Waals surface area contributed by atoms with Crippen molar-refractivity contribution in [1.82, 2.24) is 4.98 Å². The molecule has 58 valence electrons. The number of thiol groups is 1. The largest absolute Gasteiger partial charge is 0.298 e. The second-order valence-corrected chi connectivity index (χ2v) is 2.70. The normalized spacial score (nSPS) is 9.64. The standard InChI is InChI=1S/C7H6ClNOS/c8-7-2-9-6(4-11)1-5(7)3-10/h1-3,11H,4H2. The van der Waals surface area contributed by atoms with E-state index in [-0.39, 0.29) is 0 Å². The summed E-state index contributed by atoms with van der Waals surface area (Å²) in [5.74, 6) is 0.512. The van der Waals surface area contributed by atoms with Crippen LogP contribution in [-0.2, 0) is 5.75 Å². The van der Waals surface area contributed by atoms with E-state index in [1.54, 1.807) is 6.07 Å². The monoisotopic (exact) mass is 187 g/mol. The molecular weight excluding hydrogens is 182 g/mol. The summed E-state index contributed by atoms with van der Waals surface area (Å²) in [5.41, 5.74) is 1.21. The fourth-order valence-corrected chi connectivity index (χ4v) is 0.997. The summed E-state index contributed by atoms with van der Waals surface area (Å²) >= 11 is 9.64. The van der Waals surface area contributed by atoms with Gasteiger partial charge < -0.3 is 0 Å². The Morgan fingerprint density at radius 2 is 2.45 bits per heavy atom. The Kier molecular flexibility index (Phi) is 2.91. The molecule has 0 saturated carbocycles. The van der Waals surface area contributed by atoms with Gasteiger partial charge in [-0.1, -0.05) is 11.6 Å². The molecule has 0 fully saturated rings. The molecule has 0 radical (unpaired) electrons. The number of halogens is 1. The number of rotatable bonds is 2. The summed E-state index contributed by atoms with van der Waals surface area (Å²) in [7, 11) is 0. The van der Waals surface area contributed by atoms with Crippen LogP contribution in [0.2, 0.25) is 5.02 Å². The average Bonchev–Trinajstić information content (AvgIpc) is 2.05. The smallest absolute Gasteiger partial charge is 0.151 e. The number of aldehydes is 1. The molecule has 0 aliphatic heterocycles. The quantitative estimate of drug-likeness (QED) is 0.567. The molecular formula is C7H6ClNOS. The summed E-state index contributed by atoms with van der Waals surface area (Å²) in [6.45, 7) is 0. The maximum Gasteiger partial charge on any atom is 0.151 e. The van der Waals surface area contributed by atoms with Gasteiger partial charge in [0, 0.05) is 17.5 Å². The first kappa shape index (κ1) is 8.56. The first-order valence-corrected chi connectivity index (χ1v) is 3.99. The predicted molar refractivity (Wildman–Crippen MR) is 47.3 cm³/mol. The number of pyridine rings is 1. The van der Waals surface area contributed by atoms with E-state index in [2.05, 4.69) is 17.6 Å². The number of nitrogens with zero attached hydrogens (tertiary/aromatic N) is 1. The van der Waals surface area contributed by atoms with Gasteiger partial charge in [0.05, 0.1) is 10.7 Å². The number of carbonyl (C=O) groups is 1. The molecule has 0 N–H and O–H groups in total. The van der Waals surface area contributed by atoms with Gasteiger partial charge in [0.2, 0.25) is 0 Å². The molecule has 0 spiro atoms. The third-order valence-electron chi connectivity index (χ3n) is 1.23. The van der Waals surface area contributed by atoms with Gasteiger partial charge in [-0.3, -0.25) is 9.78 Å². The number of carbonyl (C=O) groups excluding carboxylic acids is 1. The molecule has 1 aromatic heterocycles. The summed E-state index contributed by atoms with van der Waals surface area (Å²) in [4.78, 5) is 14.3. The summed E-state index contributed by atoms with van der Waals surface area (Å²) in [6.07, 6.45) is 2.16. The first-order chi connectivity index (χ1) is 5.27. The molecule has 11 heavy (non-hydrogen) atoms. The lowest BCUT2D eigenvalue weighted by molar-refractivity contribution is 0.112. The maximum atomic E-state index is 10.4. The molecule has 1 aromatic rings. The van der Waals surface area contributed by atoms with Crippen LogP contribution in [0, 0.1) is 0 Å². The lowest BCUT2D eigenvalue weighted by Gasteiger charge is -1.97. The van der Waals surface area contributed by atoms with Crippen molar-refractivity contribution >= 4 is 30.5 Å². The maximum absolute atomic E-state index is 10.4. The van der Waals surface area contributed by atoms with E-state index in [9.17, 15) is 4.79 Å². The molecule has 4 heteroatoms. The van der Waals surface area contributed by atoms with Gasteiger partial charge in [-0.15, -0.1) is 0 Å². The minimum Gasteiger partial charge on any atom is -0.298 e. The zero-order valence-electron chi connectivity index (χ0n) is 5.62. The highest BCUT2D eigenvalue weighted by Gasteiger charge is 1.99. The van der Waals surface area contributed by atoms with E-state index in [1.807, 2.05) is 0 Å². The highest BCUT2D eigenvalue weighted by atomic mass is 35.5. The summed E-state index contributed by atoms with van der Waals surface area (Å²) < 4.78 is 0. The number of aromatic nitrogens is 1. The molecule has 2 nitrogen and oxygen atoms in total. The fraction of sp³-hybridized carbons (Fsp3) is 0.143. The van der Waals surface area contributed by atoms with Crippen molar-refractivity contribution < 1.29 is 4.79 Å². The SMILES string of the molecule is O=Cc1cc(CS)ncc1Cl. The third-order valence-corrected chi connectivity index (χ3v) is 1.87. The topological polar surface area (TPSA) is 30.0 Å². The molecule has 0 saturated heterocycles. The van der Waals surface area contributed by atoms with Crippen LogP contribution in [-0.4, -0.2) is 11.3 Å². The van der Waals surface area contributed by atoms with E-state index in [0.29, 0.717) is 22.6 Å². The number of hydrogen-bond donors (Lipinski definition) is 1. The first-order valence-electron chi connectivity index (χ1n) is 2.98. The van der Waals surface area contributed by atoms with E-state index in [4.69, 9.17) is 11.6 Å². The minimum atomic E-state index is 0.380. The van der Waals surface area contributed by atoms with Crippen molar-refractivity contribution in [2.45, 2.75) is 5.75 Å². The van der Waals surface area contributed by atoms with E-state index in [0.717, 1.165) is 5.69 Å². The van der Waals surface area contributed by atoms with Crippen molar-refractivity contribution in [1.29, 1.82) is 0 Å². The molecule has 1 rings (SSSR count). The zero-order chi connectivity index (χ0) is 8.27. The highest BCUT2D eigenvalue weighted by molar-refractivity contribution is 7.79. The van der Waals surface area contributed by atoms with Gasteiger partial charge in [0.15, 0.2) is 6.29 Å². The van der Waals surface area contributed by atoms with Crippen LogP contribution < -0.4 is 0 Å². The summed E-state index contributed by atoms with van der Waals surface area (Å²) in [6, 6.07) is 1.63. The second-order valence-electron chi connectivity index (χ2n) is 1.97. The highest BCUT2D eigenvalue weighted by Crippen LogP contribution is 2.13. The Hall–Kier alpha value is -0.540. The minimum absolute atomic E-state index is 0.380. The van der Waals surface area contributed by atoms with Crippen LogP contribution in [0.15, 0.2) is 12.3 Å². The van der Waals surface area contributed by atoms with Crippen molar-refractivity contribution in [3.8, 4) is 0 Å². The molecule has 0 aromatic carbocycles. The van der Waals surface area contributed by atoms with Gasteiger partial charge >= 0.3 is 0 Å². The summed E-state index contributed by atoms with van der Waals surface area (Å²) in [5, 5.41) is 0.380. The van der Waals surface area contributed by atoms with E-state index >= 15 is 0 Å². The van der Waals surface area contributed by atoms with E-state index in [1.165, 1.54) is 6.20 Å². The predicted octanol–water partition coefficient (Wildman–Crippen LogP) is 1.98. The van der Waals surface area contributed by atoms with Crippen molar-refractivity contribution in [2.24, 2.45) is 0 Å². The molecule has 0 atom stereocenters. The van der Waals surface area contributed by atoms with Crippen LogP contribution in [0.4, 0.5) is 0 Å². The van der Waals surface area contributed by atoms with Gasteiger partial charge in [0.1, 0.15) is 0 Å². The molecule has 0 aliphatic rings. The Labute approximate surface area is 75.0 Å².